The van der Waals surface area contributed by atoms with E-state index in [0.717, 1.165) is 16.9 Å². The lowest BCUT2D eigenvalue weighted by molar-refractivity contribution is -0.116. The molecule has 0 fully saturated rings. The molecule has 1 amide bonds. The summed E-state index contributed by atoms with van der Waals surface area (Å²) >= 11 is 0. The summed E-state index contributed by atoms with van der Waals surface area (Å²) in [5, 5.41) is 3.94. The lowest BCUT2D eigenvalue weighted by Crippen LogP contribution is -2.14. The summed E-state index contributed by atoms with van der Waals surface area (Å²) in [7, 11) is 0. The molecular weight excluding hydrogens is 276 g/mol. The van der Waals surface area contributed by atoms with Crippen LogP contribution in [-0.4, -0.2) is 18.7 Å². The van der Waals surface area contributed by atoms with Gasteiger partial charge in [0.1, 0.15) is 5.75 Å². The zero-order chi connectivity index (χ0) is 15.6. The maximum absolute atomic E-state index is 11.7. The minimum Gasteiger partial charge on any atom is -0.493 e. The fraction of sp³-hybridized carbons (Fsp3) is 0.111. The number of nitrogens with zero attached hydrogens (tertiary/aromatic N) is 1. The molecule has 22 heavy (non-hydrogen) atoms. The molecule has 2 aromatic carbocycles. The second kappa shape index (κ2) is 8.42. The predicted molar refractivity (Wildman–Crippen MR) is 88.8 cm³/mol. The van der Waals surface area contributed by atoms with E-state index >= 15 is 0 Å². The first-order valence-corrected chi connectivity index (χ1v) is 7.07. The van der Waals surface area contributed by atoms with Crippen LogP contribution in [0, 0.1) is 0 Å². The summed E-state index contributed by atoms with van der Waals surface area (Å²) < 4.78 is 5.48. The van der Waals surface area contributed by atoms with Crippen molar-refractivity contribution in [1.29, 1.82) is 0 Å². The molecule has 1 N–H and O–H groups in total. The molecule has 0 unspecified atom stereocenters. The molecule has 0 aliphatic rings. The Balaban J connectivity index is 1.92. The lowest BCUT2D eigenvalue weighted by atomic mass is 10.2. The van der Waals surface area contributed by atoms with Crippen LogP contribution in [0.4, 0.5) is 0 Å². The van der Waals surface area contributed by atoms with Gasteiger partial charge in [-0.1, -0.05) is 42.5 Å². The molecule has 0 heterocycles. The monoisotopic (exact) mass is 294 g/mol. The molecule has 0 saturated carbocycles. The average Bonchev–Trinajstić information content (AvgIpc) is 2.56. The molecule has 0 aliphatic carbocycles. The molecular formula is C18H18N2O2. The standard InChI is InChI=1S/C18H18N2O2/c1-2-22-17-11-7-6-10-16(17)14-19-20-18(21)13-12-15-8-4-3-5-9-15/h3-14H,2H2,1H3,(H,20,21)/b13-12+,19-14?. The third-order valence-corrected chi connectivity index (χ3v) is 2.82. The Labute approximate surface area is 130 Å². The number of nitrogens with one attached hydrogen (secondary N) is 1. The number of carbonyl (C=O) groups is 1. The van der Waals surface area contributed by atoms with Gasteiger partial charge in [-0.2, -0.15) is 5.10 Å². The normalized spacial score (nSPS) is 11.0. The average molecular weight is 294 g/mol. The molecule has 0 aliphatic heterocycles. The number of carbonyl (C=O) groups excluding carboxylic acids is 1. The number of benzene rings is 2. The summed E-state index contributed by atoms with van der Waals surface area (Å²) in [5.41, 5.74) is 4.24. The SMILES string of the molecule is CCOc1ccccc1C=NNC(=O)/C=C/c1ccccc1. The molecule has 2 aromatic rings. The Morgan fingerprint density at radius 3 is 2.64 bits per heavy atom. The van der Waals surface area contributed by atoms with Crippen molar-refractivity contribution in [2.75, 3.05) is 6.61 Å². The largest absolute Gasteiger partial charge is 0.493 e. The maximum Gasteiger partial charge on any atom is 0.264 e. The van der Waals surface area contributed by atoms with Crippen LogP contribution in [0.3, 0.4) is 0 Å². The van der Waals surface area contributed by atoms with Crippen molar-refractivity contribution in [3.05, 3.63) is 71.8 Å². The van der Waals surface area contributed by atoms with Crippen molar-refractivity contribution >= 4 is 18.2 Å². The van der Waals surface area contributed by atoms with Crippen LogP contribution >= 0.6 is 0 Å². The van der Waals surface area contributed by atoms with Gasteiger partial charge in [-0.25, -0.2) is 5.43 Å². The quantitative estimate of drug-likeness (QED) is 0.505. The molecule has 0 aromatic heterocycles. The third-order valence-electron chi connectivity index (χ3n) is 2.82. The topological polar surface area (TPSA) is 50.7 Å². The predicted octanol–water partition coefficient (Wildman–Crippen LogP) is 3.25. The molecule has 0 bridgehead atoms. The van der Waals surface area contributed by atoms with Crippen LogP contribution in [-0.2, 0) is 4.79 Å². The first-order chi connectivity index (χ1) is 10.8. The number of amides is 1. The van der Waals surface area contributed by atoms with E-state index in [1.54, 1.807) is 12.3 Å². The number of hydrogen-bond donors (Lipinski definition) is 1. The molecule has 2 rings (SSSR count). The summed E-state index contributed by atoms with van der Waals surface area (Å²) in [6.45, 7) is 2.50. The van der Waals surface area contributed by atoms with Crippen molar-refractivity contribution < 1.29 is 9.53 Å². The minimum absolute atomic E-state index is 0.283. The Hall–Kier alpha value is -2.88. The fourth-order valence-electron chi connectivity index (χ4n) is 1.81. The van der Waals surface area contributed by atoms with Crippen LogP contribution in [0.15, 0.2) is 65.8 Å². The summed E-state index contributed by atoms with van der Waals surface area (Å²) in [5.74, 6) is 0.455. The highest BCUT2D eigenvalue weighted by molar-refractivity contribution is 5.92. The van der Waals surface area contributed by atoms with Crippen molar-refractivity contribution in [3.8, 4) is 5.75 Å². The number of ether oxygens (including phenoxy) is 1. The van der Waals surface area contributed by atoms with Gasteiger partial charge in [-0.3, -0.25) is 4.79 Å². The smallest absolute Gasteiger partial charge is 0.264 e. The molecule has 0 radical (unpaired) electrons. The van der Waals surface area contributed by atoms with Crippen molar-refractivity contribution in [2.45, 2.75) is 6.92 Å². The minimum atomic E-state index is -0.283. The van der Waals surface area contributed by atoms with Gasteiger partial charge in [0.2, 0.25) is 0 Å². The molecule has 0 atom stereocenters. The Morgan fingerprint density at radius 2 is 1.86 bits per heavy atom. The van der Waals surface area contributed by atoms with Crippen LogP contribution in [0.1, 0.15) is 18.1 Å². The summed E-state index contributed by atoms with van der Waals surface area (Å²) in [4.78, 5) is 11.7. The molecule has 4 nitrogen and oxygen atoms in total. The summed E-state index contributed by atoms with van der Waals surface area (Å²) in [6, 6.07) is 17.1. The van der Waals surface area contributed by atoms with E-state index < -0.39 is 0 Å². The van der Waals surface area contributed by atoms with Crippen LogP contribution in [0.25, 0.3) is 6.08 Å². The van der Waals surface area contributed by atoms with Crippen LogP contribution in [0.5, 0.6) is 5.75 Å². The van der Waals surface area contributed by atoms with Gasteiger partial charge in [0.25, 0.3) is 5.91 Å². The summed E-state index contributed by atoms with van der Waals surface area (Å²) in [6.07, 6.45) is 4.75. The lowest BCUT2D eigenvalue weighted by Gasteiger charge is -2.05. The highest BCUT2D eigenvalue weighted by atomic mass is 16.5. The van der Waals surface area contributed by atoms with Gasteiger partial charge < -0.3 is 4.74 Å². The fourth-order valence-corrected chi connectivity index (χ4v) is 1.81. The van der Waals surface area contributed by atoms with E-state index in [2.05, 4.69) is 10.5 Å². The Morgan fingerprint density at radius 1 is 1.14 bits per heavy atom. The molecule has 0 spiro atoms. The van der Waals surface area contributed by atoms with Crippen molar-refractivity contribution in [2.24, 2.45) is 5.10 Å². The highest BCUT2D eigenvalue weighted by Crippen LogP contribution is 2.15. The highest BCUT2D eigenvalue weighted by Gasteiger charge is 1.99. The van der Waals surface area contributed by atoms with E-state index in [1.165, 1.54) is 6.08 Å². The van der Waals surface area contributed by atoms with Crippen molar-refractivity contribution in [3.63, 3.8) is 0 Å². The number of hydrazone groups is 1. The zero-order valence-corrected chi connectivity index (χ0v) is 12.4. The van der Waals surface area contributed by atoms with E-state index in [9.17, 15) is 4.79 Å². The first-order valence-electron chi connectivity index (χ1n) is 7.07. The molecule has 112 valence electrons. The van der Waals surface area contributed by atoms with E-state index in [1.807, 2.05) is 61.5 Å². The van der Waals surface area contributed by atoms with E-state index in [-0.39, 0.29) is 5.91 Å². The van der Waals surface area contributed by atoms with Gasteiger partial charge in [-0.05, 0) is 30.7 Å². The Kier molecular flexibility index (Phi) is 5.93. The third kappa shape index (κ3) is 4.90. The first kappa shape index (κ1) is 15.5. The number of hydrogen-bond acceptors (Lipinski definition) is 3. The van der Waals surface area contributed by atoms with Crippen molar-refractivity contribution in [1.82, 2.24) is 5.43 Å². The van der Waals surface area contributed by atoms with Gasteiger partial charge in [0, 0.05) is 11.6 Å². The molecule has 0 saturated heterocycles. The van der Waals surface area contributed by atoms with Crippen LogP contribution in [0.2, 0.25) is 0 Å². The van der Waals surface area contributed by atoms with E-state index in [4.69, 9.17) is 4.74 Å². The van der Waals surface area contributed by atoms with Gasteiger partial charge in [0.15, 0.2) is 0 Å². The second-order valence-corrected chi connectivity index (χ2v) is 4.45. The number of rotatable bonds is 6. The van der Waals surface area contributed by atoms with Gasteiger partial charge >= 0.3 is 0 Å². The van der Waals surface area contributed by atoms with Crippen LogP contribution < -0.4 is 10.2 Å². The van der Waals surface area contributed by atoms with Gasteiger partial charge in [0.05, 0.1) is 12.8 Å². The zero-order valence-electron chi connectivity index (χ0n) is 12.4. The number of para-hydroxylation sites is 1. The van der Waals surface area contributed by atoms with E-state index in [0.29, 0.717) is 6.61 Å². The Bertz CT molecular complexity index is 664. The van der Waals surface area contributed by atoms with Gasteiger partial charge in [-0.15, -0.1) is 0 Å². The molecule has 4 heteroatoms. The second-order valence-electron chi connectivity index (χ2n) is 4.45. The maximum atomic E-state index is 11.7.